The standard InChI is InChI=1S/C19H27NO/c1-13-6-9-15-12-17(13)18(21-19(15,2)3)14-7-10-16(11-8-14)20(4)5/h6-8,10-11,15,17-18H,9,12H2,1-5H3/t15-,17+,18-/m0/s1. The lowest BCUT2D eigenvalue weighted by Gasteiger charge is -2.49. The van der Waals surface area contributed by atoms with Crippen molar-refractivity contribution in [2.45, 2.75) is 45.3 Å². The molecular formula is C19H27NO. The average Bonchev–Trinajstić information content (AvgIpc) is 2.45. The van der Waals surface area contributed by atoms with Crippen LogP contribution in [0.3, 0.4) is 0 Å². The second-order valence-corrected chi connectivity index (χ2v) is 7.35. The summed E-state index contributed by atoms with van der Waals surface area (Å²) in [6, 6.07) is 8.86. The van der Waals surface area contributed by atoms with Crippen LogP contribution >= 0.6 is 0 Å². The maximum atomic E-state index is 6.54. The Bertz CT molecular complexity index is 541. The Hall–Kier alpha value is -1.28. The Labute approximate surface area is 128 Å². The van der Waals surface area contributed by atoms with E-state index in [1.807, 2.05) is 0 Å². The van der Waals surface area contributed by atoms with Crippen molar-refractivity contribution < 1.29 is 4.74 Å². The van der Waals surface area contributed by atoms with E-state index in [9.17, 15) is 0 Å². The zero-order chi connectivity index (χ0) is 15.2. The molecule has 3 rings (SSSR count). The van der Waals surface area contributed by atoms with E-state index in [2.05, 4.69) is 70.1 Å². The monoisotopic (exact) mass is 285 g/mol. The number of hydrogen-bond acceptors (Lipinski definition) is 2. The lowest BCUT2D eigenvalue weighted by molar-refractivity contribution is -0.166. The normalized spacial score (nSPS) is 30.7. The first-order valence-corrected chi connectivity index (χ1v) is 8.00. The smallest absolute Gasteiger partial charge is 0.0897 e. The van der Waals surface area contributed by atoms with Crippen LogP contribution in [0.15, 0.2) is 35.9 Å². The number of fused-ring (bicyclic) bond motifs is 2. The van der Waals surface area contributed by atoms with Crippen molar-refractivity contribution in [3.05, 3.63) is 41.5 Å². The highest BCUT2D eigenvalue weighted by atomic mass is 16.5. The first kappa shape index (κ1) is 14.6. The molecular weight excluding hydrogens is 258 g/mol. The summed E-state index contributed by atoms with van der Waals surface area (Å²) in [4.78, 5) is 2.14. The molecule has 1 fully saturated rings. The Kier molecular flexibility index (Phi) is 3.61. The van der Waals surface area contributed by atoms with Gasteiger partial charge in [-0.05, 0) is 57.2 Å². The number of ether oxygens (including phenoxy) is 1. The van der Waals surface area contributed by atoms with Crippen molar-refractivity contribution in [3.63, 3.8) is 0 Å². The number of anilines is 1. The van der Waals surface area contributed by atoms with Gasteiger partial charge in [-0.3, -0.25) is 0 Å². The van der Waals surface area contributed by atoms with Crippen molar-refractivity contribution >= 4 is 5.69 Å². The van der Waals surface area contributed by atoms with Crippen LogP contribution in [0.1, 0.15) is 45.3 Å². The topological polar surface area (TPSA) is 12.5 Å². The van der Waals surface area contributed by atoms with E-state index < -0.39 is 0 Å². The van der Waals surface area contributed by atoms with Gasteiger partial charge in [0.2, 0.25) is 0 Å². The minimum absolute atomic E-state index is 0.0292. The van der Waals surface area contributed by atoms with Gasteiger partial charge in [0, 0.05) is 25.7 Å². The Morgan fingerprint density at radius 2 is 1.81 bits per heavy atom. The molecule has 114 valence electrons. The minimum Gasteiger partial charge on any atom is -0.378 e. The molecule has 0 aromatic heterocycles. The summed E-state index contributed by atoms with van der Waals surface area (Å²) in [5.74, 6) is 1.20. The van der Waals surface area contributed by atoms with E-state index in [0.29, 0.717) is 11.8 Å². The van der Waals surface area contributed by atoms with Gasteiger partial charge >= 0.3 is 0 Å². The molecule has 0 amide bonds. The molecule has 1 aromatic rings. The van der Waals surface area contributed by atoms with Gasteiger partial charge in [-0.1, -0.05) is 23.8 Å². The van der Waals surface area contributed by atoms with E-state index in [1.165, 1.54) is 29.7 Å². The first-order valence-electron chi connectivity index (χ1n) is 8.00. The summed E-state index contributed by atoms with van der Waals surface area (Å²) in [5.41, 5.74) is 4.02. The molecule has 0 spiro atoms. The molecule has 1 aliphatic heterocycles. The second kappa shape index (κ2) is 5.17. The largest absolute Gasteiger partial charge is 0.378 e. The highest BCUT2D eigenvalue weighted by molar-refractivity contribution is 5.46. The molecule has 0 N–H and O–H groups in total. The van der Waals surface area contributed by atoms with E-state index in [1.54, 1.807) is 0 Å². The zero-order valence-corrected chi connectivity index (χ0v) is 13.9. The van der Waals surface area contributed by atoms with Crippen LogP contribution in [0, 0.1) is 11.8 Å². The fourth-order valence-corrected chi connectivity index (χ4v) is 3.77. The van der Waals surface area contributed by atoms with E-state index in [4.69, 9.17) is 4.74 Å². The highest BCUT2D eigenvalue weighted by Gasteiger charge is 2.45. The summed E-state index contributed by atoms with van der Waals surface area (Å²) in [7, 11) is 4.15. The molecule has 0 unspecified atom stereocenters. The summed E-state index contributed by atoms with van der Waals surface area (Å²) >= 11 is 0. The van der Waals surface area contributed by atoms with Crippen molar-refractivity contribution in [1.82, 2.24) is 0 Å². The lowest BCUT2D eigenvalue weighted by atomic mass is 9.69. The van der Waals surface area contributed by atoms with Gasteiger partial charge in [-0.2, -0.15) is 0 Å². The first-order chi connectivity index (χ1) is 9.88. The van der Waals surface area contributed by atoms with Crippen LogP contribution in [0.5, 0.6) is 0 Å². The van der Waals surface area contributed by atoms with Crippen LogP contribution < -0.4 is 4.90 Å². The van der Waals surface area contributed by atoms with Crippen LogP contribution in [0.25, 0.3) is 0 Å². The molecule has 2 aliphatic rings. The molecule has 1 aliphatic carbocycles. The molecule has 0 radical (unpaired) electrons. The average molecular weight is 285 g/mol. The van der Waals surface area contributed by atoms with Gasteiger partial charge < -0.3 is 9.64 Å². The molecule has 0 saturated carbocycles. The summed E-state index contributed by atoms with van der Waals surface area (Å²) in [6.07, 6.45) is 5.06. The van der Waals surface area contributed by atoms with Gasteiger partial charge in [0.05, 0.1) is 11.7 Å². The van der Waals surface area contributed by atoms with Gasteiger partial charge in [0.1, 0.15) is 0 Å². The molecule has 2 bridgehead atoms. The molecule has 1 saturated heterocycles. The van der Waals surface area contributed by atoms with E-state index in [0.717, 1.165) is 0 Å². The van der Waals surface area contributed by atoms with Crippen molar-refractivity contribution in [2.75, 3.05) is 19.0 Å². The Morgan fingerprint density at radius 1 is 1.14 bits per heavy atom. The molecule has 1 heterocycles. The highest BCUT2D eigenvalue weighted by Crippen LogP contribution is 2.50. The fraction of sp³-hybridized carbons (Fsp3) is 0.579. The third kappa shape index (κ3) is 2.62. The number of benzene rings is 1. The quantitative estimate of drug-likeness (QED) is 0.738. The van der Waals surface area contributed by atoms with Gasteiger partial charge in [-0.25, -0.2) is 0 Å². The number of hydrogen-bond donors (Lipinski definition) is 0. The maximum absolute atomic E-state index is 6.54. The van der Waals surface area contributed by atoms with Crippen molar-refractivity contribution in [2.24, 2.45) is 11.8 Å². The van der Waals surface area contributed by atoms with Crippen LogP contribution in [-0.4, -0.2) is 19.7 Å². The predicted octanol–water partition coefficient (Wildman–Crippen LogP) is 4.58. The summed E-state index contributed by atoms with van der Waals surface area (Å²) < 4.78 is 6.54. The SMILES string of the molecule is CC1=CC[C@H]2C[C@H]1[C@H](c1ccc(N(C)C)cc1)OC2(C)C. The van der Waals surface area contributed by atoms with Crippen molar-refractivity contribution in [3.8, 4) is 0 Å². The van der Waals surface area contributed by atoms with Crippen LogP contribution in [0.4, 0.5) is 5.69 Å². The third-order valence-electron chi connectivity index (χ3n) is 5.37. The Balaban J connectivity index is 1.92. The Morgan fingerprint density at radius 3 is 2.43 bits per heavy atom. The predicted molar refractivity (Wildman–Crippen MR) is 88.6 cm³/mol. The number of allylic oxidation sites excluding steroid dienone is 1. The molecule has 3 atom stereocenters. The second-order valence-electron chi connectivity index (χ2n) is 7.35. The van der Waals surface area contributed by atoms with E-state index in [-0.39, 0.29) is 11.7 Å². The van der Waals surface area contributed by atoms with Crippen LogP contribution in [-0.2, 0) is 4.74 Å². The number of rotatable bonds is 2. The van der Waals surface area contributed by atoms with Gasteiger partial charge in [0.15, 0.2) is 0 Å². The zero-order valence-electron chi connectivity index (χ0n) is 13.9. The van der Waals surface area contributed by atoms with Crippen LogP contribution in [0.2, 0.25) is 0 Å². The minimum atomic E-state index is -0.0292. The van der Waals surface area contributed by atoms with Gasteiger partial charge in [-0.15, -0.1) is 0 Å². The van der Waals surface area contributed by atoms with Gasteiger partial charge in [0.25, 0.3) is 0 Å². The summed E-state index contributed by atoms with van der Waals surface area (Å²) in [5, 5.41) is 0. The third-order valence-corrected chi connectivity index (χ3v) is 5.37. The molecule has 1 aromatic carbocycles. The fourth-order valence-electron chi connectivity index (χ4n) is 3.77. The molecule has 2 heteroatoms. The maximum Gasteiger partial charge on any atom is 0.0897 e. The lowest BCUT2D eigenvalue weighted by Crippen LogP contribution is -2.45. The van der Waals surface area contributed by atoms with Crippen molar-refractivity contribution in [1.29, 1.82) is 0 Å². The molecule has 2 nitrogen and oxygen atoms in total. The number of nitrogens with zero attached hydrogens (tertiary/aromatic N) is 1. The molecule has 21 heavy (non-hydrogen) atoms. The summed E-state index contributed by atoms with van der Waals surface area (Å²) in [6.45, 7) is 6.77. The van der Waals surface area contributed by atoms with E-state index >= 15 is 0 Å².